The molecule has 2 N–H and O–H groups in total. The maximum Gasteiger partial charge on any atom is 0.247 e. The zero-order valence-corrected chi connectivity index (χ0v) is 12.7. The molecule has 0 aromatic carbocycles. The minimum Gasteiger partial charge on any atom is -0.359 e. The van der Waals surface area contributed by atoms with E-state index in [1.807, 2.05) is 0 Å². The minimum atomic E-state index is -0.453. The van der Waals surface area contributed by atoms with Crippen LogP contribution in [0.4, 0.5) is 0 Å². The number of hydrogen-bond donors (Lipinski definition) is 2. The molecule has 1 heterocycles. The monoisotopic (exact) mass is 295 g/mol. The standard InChI is InChI=1S/C15H25N3O3/c1-16-13(19)8-9-17-12-10-14(20)18(15(12)21)11-6-4-2-3-5-7-11/h11-12,17H,2-10H2,1H3,(H,16,19). The molecule has 0 aromatic rings. The van der Waals surface area contributed by atoms with E-state index >= 15 is 0 Å². The highest BCUT2D eigenvalue weighted by Crippen LogP contribution is 2.26. The number of hydrogen-bond acceptors (Lipinski definition) is 4. The van der Waals surface area contributed by atoms with E-state index < -0.39 is 6.04 Å². The molecule has 0 aromatic heterocycles. The van der Waals surface area contributed by atoms with E-state index in [1.165, 1.54) is 17.7 Å². The Morgan fingerprint density at radius 1 is 1.19 bits per heavy atom. The largest absolute Gasteiger partial charge is 0.359 e. The van der Waals surface area contributed by atoms with E-state index in [0.717, 1.165) is 25.7 Å². The SMILES string of the molecule is CNC(=O)CCNC1CC(=O)N(C2CCCCCC2)C1=O. The Balaban J connectivity index is 1.88. The van der Waals surface area contributed by atoms with Gasteiger partial charge in [0.05, 0.1) is 12.5 Å². The van der Waals surface area contributed by atoms with Crippen molar-refractivity contribution in [3.63, 3.8) is 0 Å². The summed E-state index contributed by atoms with van der Waals surface area (Å²) in [4.78, 5) is 37.2. The van der Waals surface area contributed by atoms with Crippen molar-refractivity contribution < 1.29 is 14.4 Å². The highest BCUT2D eigenvalue weighted by Gasteiger charge is 2.41. The Bertz CT molecular complexity index is 403. The van der Waals surface area contributed by atoms with Crippen molar-refractivity contribution >= 4 is 17.7 Å². The van der Waals surface area contributed by atoms with Crippen molar-refractivity contribution in [2.24, 2.45) is 0 Å². The number of imide groups is 1. The number of carbonyl (C=O) groups excluding carboxylic acids is 3. The number of nitrogens with zero attached hydrogens (tertiary/aromatic N) is 1. The summed E-state index contributed by atoms with van der Waals surface area (Å²) in [5.74, 6) is -0.243. The second-order valence-corrected chi connectivity index (χ2v) is 5.88. The highest BCUT2D eigenvalue weighted by molar-refractivity contribution is 6.05. The lowest BCUT2D eigenvalue weighted by molar-refractivity contribution is -0.142. The summed E-state index contributed by atoms with van der Waals surface area (Å²) >= 11 is 0. The molecule has 3 amide bonds. The first-order valence-electron chi connectivity index (χ1n) is 7.93. The smallest absolute Gasteiger partial charge is 0.247 e. The van der Waals surface area contributed by atoms with Gasteiger partial charge in [-0.05, 0) is 12.8 Å². The van der Waals surface area contributed by atoms with Crippen LogP contribution in [-0.2, 0) is 14.4 Å². The number of likely N-dealkylation sites (tertiary alicyclic amines) is 1. The van der Waals surface area contributed by atoms with E-state index in [0.29, 0.717) is 13.0 Å². The van der Waals surface area contributed by atoms with Crippen LogP contribution in [0.5, 0.6) is 0 Å². The molecular formula is C15H25N3O3. The third-order valence-corrected chi connectivity index (χ3v) is 4.39. The average Bonchev–Trinajstić information content (AvgIpc) is 2.67. The summed E-state index contributed by atoms with van der Waals surface area (Å²) < 4.78 is 0. The number of rotatable bonds is 5. The summed E-state index contributed by atoms with van der Waals surface area (Å²) in [5, 5.41) is 5.58. The maximum absolute atomic E-state index is 12.4. The van der Waals surface area contributed by atoms with Gasteiger partial charge in [-0.15, -0.1) is 0 Å². The lowest BCUT2D eigenvalue weighted by Gasteiger charge is -2.25. The molecule has 2 rings (SSSR count). The fourth-order valence-electron chi connectivity index (χ4n) is 3.20. The summed E-state index contributed by atoms with van der Waals surface area (Å²) in [7, 11) is 1.58. The molecule has 1 atom stereocenters. The van der Waals surface area contributed by atoms with Crippen LogP contribution in [0.2, 0.25) is 0 Å². The topological polar surface area (TPSA) is 78.5 Å². The third kappa shape index (κ3) is 4.03. The van der Waals surface area contributed by atoms with Crippen molar-refractivity contribution in [3.8, 4) is 0 Å². The average molecular weight is 295 g/mol. The third-order valence-electron chi connectivity index (χ3n) is 4.39. The van der Waals surface area contributed by atoms with Crippen LogP contribution >= 0.6 is 0 Å². The maximum atomic E-state index is 12.4. The van der Waals surface area contributed by atoms with Gasteiger partial charge >= 0.3 is 0 Å². The quantitative estimate of drug-likeness (QED) is 0.574. The van der Waals surface area contributed by atoms with Crippen LogP contribution in [0, 0.1) is 0 Å². The number of amides is 3. The van der Waals surface area contributed by atoms with Crippen molar-refractivity contribution in [1.82, 2.24) is 15.5 Å². The van der Waals surface area contributed by atoms with E-state index in [1.54, 1.807) is 7.05 Å². The minimum absolute atomic E-state index is 0.0654. The van der Waals surface area contributed by atoms with Gasteiger partial charge in [0, 0.05) is 26.1 Å². The Morgan fingerprint density at radius 3 is 2.48 bits per heavy atom. The van der Waals surface area contributed by atoms with Gasteiger partial charge in [-0.2, -0.15) is 0 Å². The predicted molar refractivity (Wildman–Crippen MR) is 78.4 cm³/mol. The first-order valence-corrected chi connectivity index (χ1v) is 7.93. The van der Waals surface area contributed by atoms with E-state index in [2.05, 4.69) is 10.6 Å². The number of nitrogens with one attached hydrogen (secondary N) is 2. The van der Waals surface area contributed by atoms with Crippen molar-refractivity contribution in [3.05, 3.63) is 0 Å². The Labute approximate surface area is 125 Å². The van der Waals surface area contributed by atoms with Gasteiger partial charge in [-0.3, -0.25) is 19.3 Å². The molecule has 118 valence electrons. The van der Waals surface area contributed by atoms with Crippen LogP contribution < -0.4 is 10.6 Å². The summed E-state index contributed by atoms with van der Waals surface area (Å²) in [6.07, 6.45) is 6.99. The van der Waals surface area contributed by atoms with E-state index in [4.69, 9.17) is 0 Å². The van der Waals surface area contributed by atoms with Crippen LogP contribution in [0.1, 0.15) is 51.4 Å². The molecule has 6 nitrogen and oxygen atoms in total. The van der Waals surface area contributed by atoms with Crippen molar-refractivity contribution in [2.45, 2.75) is 63.5 Å². The van der Waals surface area contributed by atoms with Crippen molar-refractivity contribution in [1.29, 1.82) is 0 Å². The van der Waals surface area contributed by atoms with Crippen LogP contribution in [0.3, 0.4) is 0 Å². The van der Waals surface area contributed by atoms with E-state index in [9.17, 15) is 14.4 Å². The Hall–Kier alpha value is -1.43. The van der Waals surface area contributed by atoms with Crippen molar-refractivity contribution in [2.75, 3.05) is 13.6 Å². The lowest BCUT2D eigenvalue weighted by atomic mass is 10.1. The fourth-order valence-corrected chi connectivity index (χ4v) is 3.20. The van der Waals surface area contributed by atoms with Gasteiger partial charge in [0.2, 0.25) is 17.7 Å². The van der Waals surface area contributed by atoms with Gasteiger partial charge in [-0.1, -0.05) is 25.7 Å². The molecule has 2 fully saturated rings. The second-order valence-electron chi connectivity index (χ2n) is 5.88. The molecule has 1 unspecified atom stereocenters. The normalized spacial score (nSPS) is 24.2. The summed E-state index contributed by atoms with van der Waals surface area (Å²) in [6.45, 7) is 0.419. The van der Waals surface area contributed by atoms with Crippen LogP contribution in [-0.4, -0.2) is 48.3 Å². The van der Waals surface area contributed by atoms with E-state index in [-0.39, 0.29) is 30.2 Å². The fraction of sp³-hybridized carbons (Fsp3) is 0.800. The molecule has 1 aliphatic carbocycles. The molecule has 1 saturated carbocycles. The van der Waals surface area contributed by atoms with Crippen LogP contribution in [0.25, 0.3) is 0 Å². The zero-order valence-electron chi connectivity index (χ0n) is 12.7. The zero-order chi connectivity index (χ0) is 15.2. The first-order chi connectivity index (χ1) is 10.1. The molecule has 2 aliphatic rings. The van der Waals surface area contributed by atoms with Gasteiger partial charge in [0.1, 0.15) is 0 Å². The van der Waals surface area contributed by atoms with Crippen LogP contribution in [0.15, 0.2) is 0 Å². The first kappa shape index (κ1) is 15.9. The van der Waals surface area contributed by atoms with Gasteiger partial charge in [-0.25, -0.2) is 0 Å². The summed E-state index contributed by atoms with van der Waals surface area (Å²) in [6, 6.07) is -0.372. The number of carbonyl (C=O) groups is 3. The van der Waals surface area contributed by atoms with Gasteiger partial charge in [0.15, 0.2) is 0 Å². The molecule has 1 saturated heterocycles. The second kappa shape index (κ2) is 7.54. The Kier molecular flexibility index (Phi) is 5.73. The van der Waals surface area contributed by atoms with Gasteiger partial charge < -0.3 is 10.6 Å². The molecule has 21 heavy (non-hydrogen) atoms. The van der Waals surface area contributed by atoms with Gasteiger partial charge in [0.25, 0.3) is 0 Å². The molecule has 0 spiro atoms. The molecule has 6 heteroatoms. The lowest BCUT2D eigenvalue weighted by Crippen LogP contribution is -2.44. The molecular weight excluding hydrogens is 270 g/mol. The molecule has 0 radical (unpaired) electrons. The summed E-state index contributed by atoms with van der Waals surface area (Å²) in [5.41, 5.74) is 0. The molecule has 0 bridgehead atoms. The highest BCUT2D eigenvalue weighted by atomic mass is 16.2. The Morgan fingerprint density at radius 2 is 1.86 bits per heavy atom. The molecule has 1 aliphatic heterocycles. The predicted octanol–water partition coefficient (Wildman–Crippen LogP) is 0.562.